The van der Waals surface area contributed by atoms with E-state index >= 15 is 0 Å². The molecule has 1 N–H and O–H groups in total. The van der Waals surface area contributed by atoms with Gasteiger partial charge in [0.05, 0.1) is 6.10 Å². The molecule has 0 aromatic heterocycles. The van der Waals surface area contributed by atoms with Crippen molar-refractivity contribution in [2.75, 3.05) is 26.7 Å². The summed E-state index contributed by atoms with van der Waals surface area (Å²) in [5.41, 5.74) is 0. The van der Waals surface area contributed by atoms with Crippen molar-refractivity contribution in [1.82, 2.24) is 10.2 Å². The zero-order valence-corrected chi connectivity index (χ0v) is 11.6. The smallest absolute Gasteiger partial charge is 0.0695 e. The second-order valence-electron chi connectivity index (χ2n) is 5.78. The average Bonchev–Trinajstić information content (AvgIpc) is 2.91. The molecule has 0 aliphatic carbocycles. The van der Waals surface area contributed by atoms with E-state index in [1.54, 1.807) is 0 Å². The predicted octanol–water partition coefficient (Wildman–Crippen LogP) is 1.87. The standard InChI is InChI=1S/C14H28N2O/c1-11(12(2)17-3)16-9-5-6-13(10-16)14-7-4-8-15-14/h11-15H,4-10H2,1-3H3. The molecule has 4 atom stereocenters. The van der Waals surface area contributed by atoms with Crippen LogP contribution in [0.1, 0.15) is 39.5 Å². The monoisotopic (exact) mass is 240 g/mol. The number of ether oxygens (including phenoxy) is 1. The highest BCUT2D eigenvalue weighted by atomic mass is 16.5. The third-order valence-electron chi connectivity index (χ3n) is 4.78. The van der Waals surface area contributed by atoms with Crippen LogP contribution < -0.4 is 5.32 Å². The van der Waals surface area contributed by atoms with Crippen LogP contribution in [0.2, 0.25) is 0 Å². The molecule has 0 aromatic carbocycles. The van der Waals surface area contributed by atoms with Crippen molar-refractivity contribution >= 4 is 0 Å². The maximum Gasteiger partial charge on any atom is 0.0695 e. The quantitative estimate of drug-likeness (QED) is 0.812. The number of piperidine rings is 1. The maximum atomic E-state index is 5.47. The molecule has 0 bridgehead atoms. The van der Waals surface area contributed by atoms with Gasteiger partial charge in [-0.2, -0.15) is 0 Å². The van der Waals surface area contributed by atoms with E-state index < -0.39 is 0 Å². The first-order valence-electron chi connectivity index (χ1n) is 7.22. The molecule has 0 spiro atoms. The Kier molecular flexibility index (Phi) is 4.83. The van der Waals surface area contributed by atoms with Crippen molar-refractivity contribution in [3.8, 4) is 0 Å². The van der Waals surface area contributed by atoms with Crippen LogP contribution in [-0.2, 0) is 4.74 Å². The first-order valence-corrected chi connectivity index (χ1v) is 7.22. The van der Waals surface area contributed by atoms with Gasteiger partial charge in [0.15, 0.2) is 0 Å². The third-order valence-corrected chi connectivity index (χ3v) is 4.78. The molecule has 4 unspecified atom stereocenters. The molecule has 0 aromatic rings. The zero-order chi connectivity index (χ0) is 12.3. The molecule has 17 heavy (non-hydrogen) atoms. The van der Waals surface area contributed by atoms with Gasteiger partial charge >= 0.3 is 0 Å². The highest BCUT2D eigenvalue weighted by molar-refractivity contribution is 4.88. The summed E-state index contributed by atoms with van der Waals surface area (Å²) in [7, 11) is 1.82. The lowest BCUT2D eigenvalue weighted by Gasteiger charge is -2.40. The Labute approximate surface area is 106 Å². The van der Waals surface area contributed by atoms with Crippen LogP contribution >= 0.6 is 0 Å². The summed E-state index contributed by atoms with van der Waals surface area (Å²) in [6, 6.07) is 1.33. The minimum absolute atomic E-state index is 0.338. The van der Waals surface area contributed by atoms with Crippen molar-refractivity contribution in [2.24, 2.45) is 5.92 Å². The maximum absolute atomic E-state index is 5.47. The van der Waals surface area contributed by atoms with Crippen LogP contribution in [0.4, 0.5) is 0 Å². The fourth-order valence-electron chi connectivity index (χ4n) is 3.35. The van der Waals surface area contributed by atoms with Crippen LogP contribution in [0.25, 0.3) is 0 Å². The normalized spacial score (nSPS) is 34.8. The molecule has 0 saturated carbocycles. The second kappa shape index (κ2) is 6.17. The van der Waals surface area contributed by atoms with Crippen molar-refractivity contribution in [2.45, 2.75) is 57.7 Å². The molecule has 2 aliphatic rings. The first-order chi connectivity index (χ1) is 8.22. The van der Waals surface area contributed by atoms with E-state index in [9.17, 15) is 0 Å². The summed E-state index contributed by atoms with van der Waals surface area (Å²) in [5.74, 6) is 0.859. The lowest BCUT2D eigenvalue weighted by atomic mass is 9.89. The van der Waals surface area contributed by atoms with Crippen LogP contribution in [0.5, 0.6) is 0 Å². The number of nitrogens with zero attached hydrogens (tertiary/aromatic N) is 1. The lowest BCUT2D eigenvalue weighted by Crippen LogP contribution is -2.50. The topological polar surface area (TPSA) is 24.5 Å². The number of methoxy groups -OCH3 is 1. The number of rotatable bonds is 4. The Balaban J connectivity index is 1.87. The molecule has 2 fully saturated rings. The number of hydrogen-bond donors (Lipinski definition) is 1. The van der Waals surface area contributed by atoms with Gasteiger partial charge in [0.2, 0.25) is 0 Å². The third kappa shape index (κ3) is 3.21. The van der Waals surface area contributed by atoms with Crippen LogP contribution in [0.15, 0.2) is 0 Å². The van der Waals surface area contributed by atoms with Crippen molar-refractivity contribution in [3.63, 3.8) is 0 Å². The summed E-state index contributed by atoms with van der Waals surface area (Å²) < 4.78 is 5.47. The van der Waals surface area contributed by atoms with Crippen molar-refractivity contribution in [1.29, 1.82) is 0 Å². The van der Waals surface area contributed by atoms with Gasteiger partial charge in [-0.1, -0.05) is 0 Å². The molecule has 0 radical (unpaired) electrons. The predicted molar refractivity (Wildman–Crippen MR) is 71.3 cm³/mol. The number of hydrogen-bond acceptors (Lipinski definition) is 3. The largest absolute Gasteiger partial charge is 0.380 e. The SMILES string of the molecule is COC(C)C(C)N1CCCC(C2CCCN2)C1. The Hall–Kier alpha value is -0.120. The Bertz CT molecular complexity index is 228. The van der Waals surface area contributed by atoms with Gasteiger partial charge in [0, 0.05) is 25.7 Å². The highest BCUT2D eigenvalue weighted by Crippen LogP contribution is 2.26. The van der Waals surface area contributed by atoms with Crippen LogP contribution in [0, 0.1) is 5.92 Å². The zero-order valence-electron chi connectivity index (χ0n) is 11.6. The van der Waals surface area contributed by atoms with Gasteiger partial charge < -0.3 is 10.1 Å². The molecule has 2 saturated heterocycles. The fourth-order valence-corrected chi connectivity index (χ4v) is 3.35. The summed E-state index contributed by atoms with van der Waals surface area (Å²) >= 11 is 0. The van der Waals surface area contributed by atoms with E-state index in [4.69, 9.17) is 4.74 Å². The van der Waals surface area contributed by atoms with Gasteiger partial charge in [-0.3, -0.25) is 4.90 Å². The van der Waals surface area contributed by atoms with Crippen molar-refractivity contribution in [3.05, 3.63) is 0 Å². The molecule has 100 valence electrons. The number of nitrogens with one attached hydrogen (secondary N) is 1. The van der Waals surface area contributed by atoms with E-state index in [0.717, 1.165) is 12.0 Å². The van der Waals surface area contributed by atoms with E-state index in [2.05, 4.69) is 24.1 Å². The molecule has 2 rings (SSSR count). The van der Waals surface area contributed by atoms with Crippen LogP contribution in [0.3, 0.4) is 0 Å². The first kappa shape index (κ1) is 13.3. The summed E-state index contributed by atoms with van der Waals surface area (Å²) in [6.45, 7) is 8.22. The van der Waals surface area contributed by atoms with Gasteiger partial charge in [-0.25, -0.2) is 0 Å². The fraction of sp³-hybridized carbons (Fsp3) is 1.00. The van der Waals surface area contributed by atoms with E-state index in [0.29, 0.717) is 12.1 Å². The molecule has 3 nitrogen and oxygen atoms in total. The van der Waals surface area contributed by atoms with Crippen molar-refractivity contribution < 1.29 is 4.74 Å². The molecule has 2 heterocycles. The Morgan fingerprint density at radius 3 is 2.71 bits per heavy atom. The van der Waals surface area contributed by atoms with Gasteiger partial charge in [0.25, 0.3) is 0 Å². The van der Waals surface area contributed by atoms with Crippen LogP contribution in [-0.4, -0.2) is 49.8 Å². The van der Waals surface area contributed by atoms with E-state index in [-0.39, 0.29) is 0 Å². The van der Waals surface area contributed by atoms with Gasteiger partial charge in [-0.05, 0) is 58.5 Å². The molecule has 3 heteroatoms. The van der Waals surface area contributed by atoms with E-state index in [1.807, 2.05) is 7.11 Å². The Morgan fingerprint density at radius 2 is 2.06 bits per heavy atom. The minimum Gasteiger partial charge on any atom is -0.380 e. The lowest BCUT2D eigenvalue weighted by molar-refractivity contribution is 0.0114. The van der Waals surface area contributed by atoms with Gasteiger partial charge in [-0.15, -0.1) is 0 Å². The molecule has 0 amide bonds. The second-order valence-corrected chi connectivity index (χ2v) is 5.78. The minimum atomic E-state index is 0.338. The summed E-state index contributed by atoms with van der Waals surface area (Å²) in [4.78, 5) is 2.63. The van der Waals surface area contributed by atoms with Gasteiger partial charge in [0.1, 0.15) is 0 Å². The highest BCUT2D eigenvalue weighted by Gasteiger charge is 2.31. The summed E-state index contributed by atoms with van der Waals surface area (Å²) in [5, 5.41) is 3.67. The Morgan fingerprint density at radius 1 is 1.24 bits per heavy atom. The molecular weight excluding hydrogens is 212 g/mol. The molecular formula is C14H28N2O. The number of likely N-dealkylation sites (tertiary alicyclic amines) is 1. The summed E-state index contributed by atoms with van der Waals surface area (Å²) in [6.07, 6.45) is 5.84. The van der Waals surface area contributed by atoms with E-state index in [1.165, 1.54) is 45.3 Å². The molecule has 2 aliphatic heterocycles. The average molecular weight is 240 g/mol.